The van der Waals surface area contributed by atoms with Crippen molar-refractivity contribution in [2.75, 3.05) is 26.2 Å². The zero-order chi connectivity index (χ0) is 22.8. The van der Waals surface area contributed by atoms with E-state index < -0.39 is 5.82 Å². The number of nitriles is 1. The van der Waals surface area contributed by atoms with Gasteiger partial charge in [-0.3, -0.25) is 9.69 Å². The molecule has 0 spiro atoms. The first-order chi connectivity index (χ1) is 16.1. The van der Waals surface area contributed by atoms with E-state index in [1.165, 1.54) is 37.0 Å². The third-order valence-electron chi connectivity index (χ3n) is 8.15. The Bertz CT molecular complexity index is 1020. The second-order valence-electron chi connectivity index (χ2n) is 10.2. The van der Waals surface area contributed by atoms with Gasteiger partial charge in [-0.25, -0.2) is 4.39 Å². The fourth-order valence-electron chi connectivity index (χ4n) is 6.00. The summed E-state index contributed by atoms with van der Waals surface area (Å²) < 4.78 is 14.0. The quantitative estimate of drug-likeness (QED) is 0.586. The maximum absolute atomic E-state index is 14.0. The molecule has 0 radical (unpaired) electrons. The Labute approximate surface area is 196 Å². The molecule has 2 aromatic carbocycles. The first-order valence-corrected chi connectivity index (χ1v) is 12.3. The first kappa shape index (κ1) is 22.1. The molecule has 5 heteroatoms. The number of likely N-dealkylation sites (tertiary alicyclic amines) is 2. The van der Waals surface area contributed by atoms with Crippen LogP contribution in [0.2, 0.25) is 0 Å². The Hall–Kier alpha value is -2.71. The predicted molar refractivity (Wildman–Crippen MR) is 126 cm³/mol. The van der Waals surface area contributed by atoms with Gasteiger partial charge in [0.05, 0.1) is 23.6 Å². The molecule has 4 nitrogen and oxygen atoms in total. The van der Waals surface area contributed by atoms with E-state index in [0.29, 0.717) is 19.5 Å². The predicted octanol–water partition coefficient (Wildman–Crippen LogP) is 5.23. The minimum Gasteiger partial charge on any atom is -0.335 e. The molecule has 3 fully saturated rings. The van der Waals surface area contributed by atoms with Gasteiger partial charge >= 0.3 is 0 Å². The van der Waals surface area contributed by atoms with Crippen molar-refractivity contribution in [2.45, 2.75) is 50.0 Å². The second kappa shape index (κ2) is 9.27. The third-order valence-corrected chi connectivity index (χ3v) is 8.15. The van der Waals surface area contributed by atoms with Crippen LogP contribution in [0.3, 0.4) is 0 Å². The Morgan fingerprint density at radius 1 is 1.03 bits per heavy atom. The first-order valence-electron chi connectivity index (χ1n) is 12.3. The normalized spacial score (nSPS) is 24.7. The van der Waals surface area contributed by atoms with Gasteiger partial charge in [-0.1, -0.05) is 48.9 Å². The fraction of sp³-hybridized carbons (Fsp3) is 0.500. The van der Waals surface area contributed by atoms with E-state index in [1.807, 2.05) is 0 Å². The summed E-state index contributed by atoms with van der Waals surface area (Å²) in [5, 5.41) is 9.47. The lowest BCUT2D eigenvalue weighted by Gasteiger charge is -2.56. The number of rotatable bonds is 7. The Kier molecular flexibility index (Phi) is 6.21. The van der Waals surface area contributed by atoms with Gasteiger partial charge in [0.25, 0.3) is 5.91 Å². The summed E-state index contributed by atoms with van der Waals surface area (Å²) >= 11 is 0. The summed E-state index contributed by atoms with van der Waals surface area (Å²) in [6, 6.07) is 19.4. The lowest BCUT2D eigenvalue weighted by Crippen LogP contribution is -2.72. The van der Waals surface area contributed by atoms with E-state index in [2.05, 4.69) is 41.3 Å². The lowest BCUT2D eigenvalue weighted by atomic mass is 9.80. The van der Waals surface area contributed by atoms with E-state index in [9.17, 15) is 14.4 Å². The van der Waals surface area contributed by atoms with Gasteiger partial charge in [0, 0.05) is 13.1 Å². The monoisotopic (exact) mass is 445 g/mol. The van der Waals surface area contributed by atoms with Crippen molar-refractivity contribution in [2.24, 2.45) is 11.8 Å². The average molecular weight is 446 g/mol. The van der Waals surface area contributed by atoms with Gasteiger partial charge in [-0.2, -0.15) is 5.26 Å². The smallest absolute Gasteiger partial charge is 0.256 e. The number of halogens is 1. The lowest BCUT2D eigenvalue weighted by molar-refractivity contribution is -0.0530. The molecule has 0 aromatic heterocycles. The Morgan fingerprint density at radius 3 is 2.42 bits per heavy atom. The van der Waals surface area contributed by atoms with Gasteiger partial charge in [-0.05, 0) is 74.2 Å². The van der Waals surface area contributed by atoms with Crippen LogP contribution in [0, 0.1) is 29.0 Å². The van der Waals surface area contributed by atoms with Gasteiger partial charge in [0.2, 0.25) is 0 Å². The molecule has 5 rings (SSSR count). The minimum atomic E-state index is -0.480. The summed E-state index contributed by atoms with van der Waals surface area (Å²) in [7, 11) is 0. The molecule has 2 unspecified atom stereocenters. The number of hydrogen-bond donors (Lipinski definition) is 0. The van der Waals surface area contributed by atoms with E-state index in [4.69, 9.17) is 0 Å². The van der Waals surface area contributed by atoms with Crippen molar-refractivity contribution < 1.29 is 9.18 Å². The van der Waals surface area contributed by atoms with Crippen molar-refractivity contribution in [3.05, 3.63) is 71.5 Å². The van der Waals surface area contributed by atoms with Crippen LogP contribution in [0.1, 0.15) is 60.4 Å². The van der Waals surface area contributed by atoms with Crippen molar-refractivity contribution in [1.29, 1.82) is 5.26 Å². The minimum absolute atomic E-state index is 0.121. The van der Waals surface area contributed by atoms with E-state index in [0.717, 1.165) is 43.7 Å². The maximum Gasteiger partial charge on any atom is 0.256 e. The molecule has 1 amide bonds. The molecular weight excluding hydrogens is 413 g/mol. The molecule has 2 heterocycles. The van der Waals surface area contributed by atoms with Crippen LogP contribution in [-0.2, 0) is 0 Å². The van der Waals surface area contributed by atoms with Crippen LogP contribution in [0.5, 0.6) is 0 Å². The standard InChI is InChI=1S/C28H32FN3O/c29-26-9-5-4-8-24(26)27(33)31-19-28(20-31,14-15-30)32-16-12-21(13-17-32)10-11-23-18-25(23)22-6-2-1-3-7-22/h1-9,21,23,25H,10-14,16-20H2. The van der Waals surface area contributed by atoms with E-state index in [-0.39, 0.29) is 17.0 Å². The van der Waals surface area contributed by atoms with Crippen LogP contribution in [0.15, 0.2) is 54.6 Å². The molecular formula is C28H32FN3O. The molecule has 2 saturated heterocycles. The van der Waals surface area contributed by atoms with Gasteiger partial charge in [-0.15, -0.1) is 0 Å². The number of amides is 1. The highest BCUT2D eigenvalue weighted by atomic mass is 19.1. The van der Waals surface area contributed by atoms with Crippen LogP contribution < -0.4 is 0 Å². The highest BCUT2D eigenvalue weighted by Gasteiger charge is 2.50. The number of piperidine rings is 1. The van der Waals surface area contributed by atoms with Crippen molar-refractivity contribution in [3.8, 4) is 6.07 Å². The SMILES string of the molecule is N#CCC1(N2CCC(CCC3CC3c3ccccc3)CC2)CN(C(=O)c2ccccc2F)C1. The molecule has 2 aliphatic heterocycles. The zero-order valence-electron chi connectivity index (χ0n) is 19.1. The largest absolute Gasteiger partial charge is 0.335 e. The summed E-state index contributed by atoms with van der Waals surface area (Å²) in [6.07, 6.45) is 6.69. The van der Waals surface area contributed by atoms with Gasteiger partial charge in [0.1, 0.15) is 5.82 Å². The number of benzene rings is 2. The molecule has 2 aromatic rings. The zero-order valence-corrected chi connectivity index (χ0v) is 19.1. The van der Waals surface area contributed by atoms with Crippen molar-refractivity contribution in [1.82, 2.24) is 9.80 Å². The Balaban J connectivity index is 1.10. The van der Waals surface area contributed by atoms with Gasteiger partial charge < -0.3 is 4.90 Å². The molecule has 1 aliphatic carbocycles. The molecule has 0 bridgehead atoms. The second-order valence-corrected chi connectivity index (χ2v) is 10.2. The molecule has 0 N–H and O–H groups in total. The fourth-order valence-corrected chi connectivity index (χ4v) is 6.00. The Morgan fingerprint density at radius 2 is 1.73 bits per heavy atom. The average Bonchev–Trinajstić information content (AvgIpc) is 3.60. The number of carbonyl (C=O) groups is 1. The van der Waals surface area contributed by atoms with Crippen molar-refractivity contribution in [3.63, 3.8) is 0 Å². The van der Waals surface area contributed by atoms with E-state index in [1.54, 1.807) is 17.0 Å². The summed E-state index contributed by atoms with van der Waals surface area (Å²) in [5.41, 5.74) is 1.35. The summed E-state index contributed by atoms with van der Waals surface area (Å²) in [4.78, 5) is 16.9. The van der Waals surface area contributed by atoms with Crippen molar-refractivity contribution >= 4 is 5.91 Å². The molecule has 1 saturated carbocycles. The molecule has 172 valence electrons. The number of carbonyl (C=O) groups excluding carboxylic acids is 1. The summed E-state index contributed by atoms with van der Waals surface area (Å²) in [5.74, 6) is 1.62. The van der Waals surface area contributed by atoms with Crippen LogP contribution in [0.4, 0.5) is 4.39 Å². The van der Waals surface area contributed by atoms with E-state index >= 15 is 0 Å². The highest BCUT2D eigenvalue weighted by molar-refractivity contribution is 5.95. The molecule has 33 heavy (non-hydrogen) atoms. The van der Waals surface area contributed by atoms with Gasteiger partial charge in [0.15, 0.2) is 0 Å². The maximum atomic E-state index is 14.0. The van der Waals surface area contributed by atoms with Crippen LogP contribution in [-0.4, -0.2) is 47.4 Å². The number of nitrogens with zero attached hydrogens (tertiary/aromatic N) is 3. The highest BCUT2D eigenvalue weighted by Crippen LogP contribution is 2.51. The topological polar surface area (TPSA) is 47.3 Å². The molecule has 2 atom stereocenters. The van der Waals surface area contributed by atoms with Crippen LogP contribution in [0.25, 0.3) is 0 Å². The summed E-state index contributed by atoms with van der Waals surface area (Å²) in [6.45, 7) is 3.00. The third kappa shape index (κ3) is 4.54. The molecule has 3 aliphatic rings. The van der Waals surface area contributed by atoms with Crippen LogP contribution >= 0.6 is 0 Å². The number of hydrogen-bond acceptors (Lipinski definition) is 3.